The summed E-state index contributed by atoms with van der Waals surface area (Å²) < 4.78 is 1.80. The van der Waals surface area contributed by atoms with Crippen molar-refractivity contribution in [3.05, 3.63) is 18.0 Å². The van der Waals surface area contributed by atoms with Gasteiger partial charge in [0.25, 0.3) is 0 Å². The second-order valence-corrected chi connectivity index (χ2v) is 5.63. The lowest BCUT2D eigenvalue weighted by Crippen LogP contribution is -2.45. The van der Waals surface area contributed by atoms with Crippen LogP contribution in [0, 0.1) is 0 Å². The summed E-state index contributed by atoms with van der Waals surface area (Å²) in [7, 11) is 3.59. The van der Waals surface area contributed by atoms with Crippen molar-refractivity contribution in [2.24, 2.45) is 12.0 Å². The molecule has 122 valence electrons. The highest BCUT2D eigenvalue weighted by Gasteiger charge is 2.15. The second kappa shape index (κ2) is 8.41. The fourth-order valence-corrected chi connectivity index (χ4v) is 2.66. The van der Waals surface area contributed by atoms with Crippen molar-refractivity contribution in [3.8, 4) is 0 Å². The summed E-state index contributed by atoms with van der Waals surface area (Å²) >= 11 is 0. The lowest BCUT2D eigenvalue weighted by molar-refractivity contribution is -0.120. The predicted octanol–water partition coefficient (Wildman–Crippen LogP) is 0.534. The topological polar surface area (TPSA) is 83.3 Å². The Morgan fingerprint density at radius 2 is 2.14 bits per heavy atom. The number of hydrogen-bond acceptors (Lipinski definition) is 3. The molecular formula is C15H26N6O. The van der Waals surface area contributed by atoms with Crippen LogP contribution in [0.25, 0.3) is 0 Å². The number of guanidine groups is 1. The smallest absolute Gasteiger partial charge is 0.239 e. The van der Waals surface area contributed by atoms with E-state index in [0.29, 0.717) is 18.5 Å². The van der Waals surface area contributed by atoms with E-state index >= 15 is 0 Å². The van der Waals surface area contributed by atoms with Gasteiger partial charge in [0.1, 0.15) is 0 Å². The maximum Gasteiger partial charge on any atom is 0.239 e. The van der Waals surface area contributed by atoms with Crippen LogP contribution in [0.2, 0.25) is 0 Å². The van der Waals surface area contributed by atoms with Crippen molar-refractivity contribution in [1.82, 2.24) is 25.7 Å². The molecule has 22 heavy (non-hydrogen) atoms. The maximum absolute atomic E-state index is 11.9. The highest BCUT2D eigenvalue weighted by atomic mass is 16.2. The monoisotopic (exact) mass is 306 g/mol. The molecule has 7 heteroatoms. The summed E-state index contributed by atoms with van der Waals surface area (Å²) in [5.74, 6) is 0.635. The number of carbonyl (C=O) groups excluding carboxylic acids is 1. The van der Waals surface area contributed by atoms with Gasteiger partial charge in [0.05, 0.1) is 18.8 Å². The van der Waals surface area contributed by atoms with E-state index in [4.69, 9.17) is 0 Å². The van der Waals surface area contributed by atoms with E-state index in [9.17, 15) is 4.79 Å². The Kier molecular flexibility index (Phi) is 6.24. The number of nitrogens with one attached hydrogen (secondary N) is 3. The summed E-state index contributed by atoms with van der Waals surface area (Å²) in [6.45, 7) is 0.849. The van der Waals surface area contributed by atoms with Gasteiger partial charge in [-0.15, -0.1) is 0 Å². The normalized spacial score (nSPS) is 16.4. The predicted molar refractivity (Wildman–Crippen MR) is 86.4 cm³/mol. The molecule has 0 radical (unpaired) electrons. The zero-order chi connectivity index (χ0) is 15.8. The van der Waals surface area contributed by atoms with Crippen molar-refractivity contribution >= 4 is 11.9 Å². The van der Waals surface area contributed by atoms with Crippen molar-refractivity contribution < 1.29 is 4.79 Å². The van der Waals surface area contributed by atoms with Gasteiger partial charge in [0.2, 0.25) is 5.91 Å². The Morgan fingerprint density at radius 1 is 1.36 bits per heavy atom. The molecule has 1 aromatic rings. The molecule has 0 aromatic carbocycles. The quantitative estimate of drug-likeness (QED) is 0.547. The molecule has 1 aliphatic rings. The van der Waals surface area contributed by atoms with Gasteiger partial charge in [0, 0.05) is 26.3 Å². The number of aliphatic imine (C=N–C) groups is 1. The van der Waals surface area contributed by atoms with Crippen LogP contribution < -0.4 is 16.0 Å². The van der Waals surface area contributed by atoms with Gasteiger partial charge in [-0.05, 0) is 18.9 Å². The molecular weight excluding hydrogens is 280 g/mol. The Balaban J connectivity index is 1.69. The largest absolute Gasteiger partial charge is 0.352 e. The molecule has 0 spiro atoms. The molecule has 0 bridgehead atoms. The van der Waals surface area contributed by atoms with Gasteiger partial charge in [-0.2, -0.15) is 5.10 Å². The third kappa shape index (κ3) is 5.05. The molecule has 0 unspecified atom stereocenters. The summed E-state index contributed by atoms with van der Waals surface area (Å²) in [5.41, 5.74) is 1.05. The molecule has 3 N–H and O–H groups in total. The molecule has 0 saturated heterocycles. The molecule has 1 amide bonds. The SMILES string of the molecule is CN=C(NCC(=O)NC1CCCCC1)NCc1ccnn1C. The summed E-state index contributed by atoms with van der Waals surface area (Å²) in [4.78, 5) is 16.1. The van der Waals surface area contributed by atoms with Crippen LogP contribution in [0.5, 0.6) is 0 Å². The minimum atomic E-state index is 0.0235. The molecule has 7 nitrogen and oxygen atoms in total. The lowest BCUT2D eigenvalue weighted by Gasteiger charge is -2.23. The van der Waals surface area contributed by atoms with Gasteiger partial charge in [0.15, 0.2) is 5.96 Å². The molecule has 0 aliphatic heterocycles. The van der Waals surface area contributed by atoms with E-state index in [1.165, 1.54) is 19.3 Å². The molecule has 2 rings (SSSR count). The third-order valence-electron chi connectivity index (χ3n) is 3.97. The summed E-state index contributed by atoms with van der Waals surface area (Å²) in [6, 6.07) is 2.28. The lowest BCUT2D eigenvalue weighted by atomic mass is 9.95. The highest BCUT2D eigenvalue weighted by molar-refractivity contribution is 5.86. The van der Waals surface area contributed by atoms with Gasteiger partial charge >= 0.3 is 0 Å². The van der Waals surface area contributed by atoms with E-state index in [-0.39, 0.29) is 12.5 Å². The van der Waals surface area contributed by atoms with E-state index in [1.54, 1.807) is 17.9 Å². The Morgan fingerprint density at radius 3 is 2.77 bits per heavy atom. The fraction of sp³-hybridized carbons (Fsp3) is 0.667. The first kappa shape index (κ1) is 16.3. The first-order valence-electron chi connectivity index (χ1n) is 7.90. The van der Waals surface area contributed by atoms with Crippen LogP contribution in [0.3, 0.4) is 0 Å². The zero-order valence-electron chi connectivity index (χ0n) is 13.4. The maximum atomic E-state index is 11.9. The van der Waals surface area contributed by atoms with Crippen LogP contribution in [0.1, 0.15) is 37.8 Å². The van der Waals surface area contributed by atoms with Crippen LogP contribution in [0.15, 0.2) is 17.3 Å². The van der Waals surface area contributed by atoms with E-state index in [1.807, 2.05) is 13.1 Å². The van der Waals surface area contributed by atoms with Crippen LogP contribution in [-0.4, -0.2) is 41.3 Å². The van der Waals surface area contributed by atoms with Gasteiger partial charge in [-0.25, -0.2) is 0 Å². The minimum absolute atomic E-state index is 0.0235. The Hall–Kier alpha value is -2.05. The number of hydrogen-bond donors (Lipinski definition) is 3. The van der Waals surface area contributed by atoms with E-state index in [2.05, 4.69) is 26.0 Å². The summed E-state index contributed by atoms with van der Waals surface area (Å²) in [6.07, 6.45) is 7.66. The second-order valence-electron chi connectivity index (χ2n) is 5.63. The third-order valence-corrected chi connectivity index (χ3v) is 3.97. The molecule has 1 aliphatic carbocycles. The van der Waals surface area contributed by atoms with Crippen molar-refractivity contribution in [1.29, 1.82) is 0 Å². The van der Waals surface area contributed by atoms with Crippen LogP contribution in [-0.2, 0) is 18.4 Å². The molecule has 1 aromatic heterocycles. The Labute approximate surface area is 131 Å². The Bertz CT molecular complexity index is 504. The number of rotatable bonds is 5. The van der Waals surface area contributed by atoms with Crippen molar-refractivity contribution in [2.75, 3.05) is 13.6 Å². The first-order chi connectivity index (χ1) is 10.7. The average Bonchev–Trinajstić information content (AvgIpc) is 2.94. The van der Waals surface area contributed by atoms with Gasteiger partial charge in [-0.3, -0.25) is 14.5 Å². The van der Waals surface area contributed by atoms with Crippen LogP contribution in [0.4, 0.5) is 0 Å². The molecule has 1 fully saturated rings. The van der Waals surface area contributed by atoms with E-state index in [0.717, 1.165) is 18.5 Å². The molecule has 1 saturated carbocycles. The van der Waals surface area contributed by atoms with E-state index < -0.39 is 0 Å². The average molecular weight is 306 g/mol. The standard InChI is InChI=1S/C15H26N6O/c1-16-15(17-10-13-8-9-19-21(13)2)18-11-14(22)20-12-6-4-3-5-7-12/h8-9,12H,3-7,10-11H2,1-2H3,(H,20,22)(H2,16,17,18). The zero-order valence-corrected chi connectivity index (χ0v) is 13.4. The number of aromatic nitrogens is 2. The van der Waals surface area contributed by atoms with Crippen LogP contribution >= 0.6 is 0 Å². The number of nitrogens with zero attached hydrogens (tertiary/aromatic N) is 3. The minimum Gasteiger partial charge on any atom is -0.352 e. The number of amides is 1. The fourth-order valence-electron chi connectivity index (χ4n) is 2.66. The molecule has 1 heterocycles. The number of carbonyl (C=O) groups is 1. The van der Waals surface area contributed by atoms with Gasteiger partial charge < -0.3 is 16.0 Å². The van der Waals surface area contributed by atoms with Crippen molar-refractivity contribution in [3.63, 3.8) is 0 Å². The summed E-state index contributed by atoms with van der Waals surface area (Å²) in [5, 5.41) is 13.4. The molecule has 0 atom stereocenters. The van der Waals surface area contributed by atoms with Gasteiger partial charge in [-0.1, -0.05) is 19.3 Å². The highest BCUT2D eigenvalue weighted by Crippen LogP contribution is 2.16. The first-order valence-corrected chi connectivity index (χ1v) is 7.90. The van der Waals surface area contributed by atoms with Crippen molar-refractivity contribution in [2.45, 2.75) is 44.7 Å². The number of aryl methyl sites for hydroxylation is 1.